The second kappa shape index (κ2) is 8.95. The molecule has 1 aliphatic rings. The lowest BCUT2D eigenvalue weighted by atomic mass is 9.78. The summed E-state index contributed by atoms with van der Waals surface area (Å²) in [5.74, 6) is 1.05. The average Bonchev–Trinajstić information content (AvgIpc) is 3.09. The molecule has 37 heavy (non-hydrogen) atoms. The first-order valence-corrected chi connectivity index (χ1v) is 12.6. The topological polar surface area (TPSA) is 80.9 Å². The number of nitrogens with one attached hydrogen (secondary N) is 1. The molecule has 8 nitrogen and oxygen atoms in total. The molecule has 0 amide bonds. The fraction of sp³-hybridized carbons (Fsp3) is 0.379. The van der Waals surface area contributed by atoms with Crippen molar-refractivity contribution in [2.75, 3.05) is 18.9 Å². The summed E-state index contributed by atoms with van der Waals surface area (Å²) in [4.78, 5) is 29.8. The van der Waals surface area contributed by atoms with Crippen molar-refractivity contribution in [3.8, 4) is 5.82 Å². The molecule has 4 aromatic rings. The first kappa shape index (κ1) is 24.9. The van der Waals surface area contributed by atoms with E-state index < -0.39 is 0 Å². The molecule has 0 radical (unpaired) electrons. The van der Waals surface area contributed by atoms with Crippen LogP contribution in [0.2, 0.25) is 0 Å². The number of likely N-dealkylation sites (N-methyl/N-ethyl adjacent to an activating group) is 1. The molecule has 5 rings (SSSR count). The third kappa shape index (κ3) is 4.57. The van der Waals surface area contributed by atoms with Gasteiger partial charge in [-0.2, -0.15) is 4.98 Å². The summed E-state index contributed by atoms with van der Waals surface area (Å²) in [6.45, 7) is 17.0. The van der Waals surface area contributed by atoms with Gasteiger partial charge in [0.15, 0.2) is 11.5 Å². The summed E-state index contributed by atoms with van der Waals surface area (Å²) in [6.07, 6.45) is 3.29. The van der Waals surface area contributed by atoms with Crippen LogP contribution in [0.5, 0.6) is 0 Å². The number of rotatable bonds is 5. The number of nitrogens with zero attached hydrogens (tertiary/aromatic N) is 6. The van der Waals surface area contributed by atoms with Crippen LogP contribution in [-0.2, 0) is 23.9 Å². The Balaban J connectivity index is 1.60. The van der Waals surface area contributed by atoms with Crippen molar-refractivity contribution >= 4 is 22.7 Å². The summed E-state index contributed by atoms with van der Waals surface area (Å²) in [7, 11) is 2.15. The number of allylic oxidation sites excluding steroid dienone is 1. The lowest BCUT2D eigenvalue weighted by Crippen LogP contribution is -2.39. The molecular formula is C29H35N7O. The van der Waals surface area contributed by atoms with E-state index >= 15 is 0 Å². The molecule has 3 aromatic heterocycles. The van der Waals surface area contributed by atoms with Crippen LogP contribution in [-0.4, -0.2) is 42.8 Å². The van der Waals surface area contributed by atoms with Crippen LogP contribution in [0.4, 0.5) is 11.6 Å². The molecule has 0 atom stereocenters. The van der Waals surface area contributed by atoms with Crippen molar-refractivity contribution in [2.45, 2.75) is 58.5 Å². The molecule has 0 aliphatic carbocycles. The zero-order valence-corrected chi connectivity index (χ0v) is 22.5. The minimum atomic E-state index is -0.177. The number of hydrogen-bond donors (Lipinski definition) is 1. The van der Waals surface area contributed by atoms with Gasteiger partial charge in [0.2, 0.25) is 5.95 Å². The van der Waals surface area contributed by atoms with E-state index in [0.29, 0.717) is 29.3 Å². The molecule has 0 saturated carbocycles. The van der Waals surface area contributed by atoms with Crippen LogP contribution in [0.25, 0.3) is 16.9 Å². The van der Waals surface area contributed by atoms with E-state index in [4.69, 9.17) is 9.97 Å². The van der Waals surface area contributed by atoms with Crippen molar-refractivity contribution in [1.29, 1.82) is 0 Å². The molecule has 1 aliphatic heterocycles. The second-order valence-corrected chi connectivity index (χ2v) is 11.6. The number of pyridine rings is 1. The maximum atomic E-state index is 13.3. The monoisotopic (exact) mass is 497 g/mol. The number of anilines is 2. The van der Waals surface area contributed by atoms with E-state index in [1.54, 1.807) is 21.6 Å². The van der Waals surface area contributed by atoms with Crippen LogP contribution in [0.1, 0.15) is 51.4 Å². The van der Waals surface area contributed by atoms with Crippen molar-refractivity contribution < 1.29 is 0 Å². The molecule has 8 heteroatoms. The molecule has 0 unspecified atom stereocenters. The largest absolute Gasteiger partial charge is 0.324 e. The molecule has 0 saturated heterocycles. The zero-order valence-electron chi connectivity index (χ0n) is 22.5. The van der Waals surface area contributed by atoms with Crippen molar-refractivity contribution in [3.05, 3.63) is 82.4 Å². The lowest BCUT2D eigenvalue weighted by Gasteiger charge is -2.38. The zero-order chi connectivity index (χ0) is 26.5. The Morgan fingerprint density at radius 2 is 1.95 bits per heavy atom. The van der Waals surface area contributed by atoms with Gasteiger partial charge in [0.1, 0.15) is 5.39 Å². The summed E-state index contributed by atoms with van der Waals surface area (Å²) in [5.41, 5.74) is 4.78. The molecule has 1 aromatic carbocycles. The van der Waals surface area contributed by atoms with E-state index in [2.05, 4.69) is 81.6 Å². The van der Waals surface area contributed by atoms with Crippen LogP contribution < -0.4 is 10.9 Å². The van der Waals surface area contributed by atoms with Gasteiger partial charge in [-0.25, -0.2) is 19.3 Å². The summed E-state index contributed by atoms with van der Waals surface area (Å²) < 4.78 is 3.37. The summed E-state index contributed by atoms with van der Waals surface area (Å²) in [5, 5.41) is 3.79. The van der Waals surface area contributed by atoms with E-state index in [1.807, 2.05) is 18.2 Å². The highest BCUT2D eigenvalue weighted by atomic mass is 16.1. The Morgan fingerprint density at radius 3 is 2.68 bits per heavy atom. The van der Waals surface area contributed by atoms with Crippen molar-refractivity contribution in [3.63, 3.8) is 0 Å². The van der Waals surface area contributed by atoms with Gasteiger partial charge in [-0.15, -0.1) is 6.58 Å². The van der Waals surface area contributed by atoms with Gasteiger partial charge in [-0.1, -0.05) is 52.8 Å². The van der Waals surface area contributed by atoms with Gasteiger partial charge in [0, 0.05) is 41.5 Å². The van der Waals surface area contributed by atoms with Gasteiger partial charge in [-0.05, 0) is 42.4 Å². The average molecular weight is 498 g/mol. The molecular weight excluding hydrogens is 462 g/mol. The Bertz CT molecular complexity index is 1560. The highest BCUT2D eigenvalue weighted by molar-refractivity contribution is 5.77. The highest BCUT2D eigenvalue weighted by Crippen LogP contribution is 2.34. The molecule has 4 heterocycles. The standard InChI is InChI=1S/C29H35N7O/c1-8-14-35-26(37)21-16-30-27(31-20-12-13-22-19(15-20)17-34(7)18-29(22,5)6)33-25(21)36(35)24-11-9-10-23(32-24)28(2,3)4/h8-13,15-16H,1,14,17-18H2,2-7H3,(H,30,31,33). The van der Waals surface area contributed by atoms with Gasteiger partial charge in [-0.3, -0.25) is 4.79 Å². The van der Waals surface area contributed by atoms with Crippen LogP contribution in [0.15, 0.2) is 60.0 Å². The first-order valence-electron chi connectivity index (χ1n) is 12.6. The number of hydrogen-bond acceptors (Lipinski definition) is 6. The predicted octanol–water partition coefficient (Wildman–Crippen LogP) is 4.93. The molecule has 1 N–H and O–H groups in total. The molecule has 0 bridgehead atoms. The Hall–Kier alpha value is -3.78. The predicted molar refractivity (Wildman–Crippen MR) is 149 cm³/mol. The van der Waals surface area contributed by atoms with E-state index in [-0.39, 0.29) is 16.4 Å². The van der Waals surface area contributed by atoms with Crippen LogP contribution in [0, 0.1) is 0 Å². The number of fused-ring (bicyclic) bond motifs is 2. The summed E-state index contributed by atoms with van der Waals surface area (Å²) >= 11 is 0. The molecule has 192 valence electrons. The van der Waals surface area contributed by atoms with Gasteiger partial charge in [0.25, 0.3) is 5.56 Å². The van der Waals surface area contributed by atoms with Gasteiger partial charge >= 0.3 is 0 Å². The van der Waals surface area contributed by atoms with Crippen molar-refractivity contribution in [2.24, 2.45) is 0 Å². The quantitative estimate of drug-likeness (QED) is 0.394. The highest BCUT2D eigenvalue weighted by Gasteiger charge is 2.30. The van der Waals surface area contributed by atoms with E-state index in [1.165, 1.54) is 11.1 Å². The maximum Gasteiger partial charge on any atom is 0.278 e. The van der Waals surface area contributed by atoms with E-state index in [0.717, 1.165) is 24.5 Å². The smallest absolute Gasteiger partial charge is 0.278 e. The molecule has 0 spiro atoms. The Labute approximate surface area is 217 Å². The maximum absolute atomic E-state index is 13.3. The van der Waals surface area contributed by atoms with Crippen LogP contribution in [0.3, 0.4) is 0 Å². The minimum Gasteiger partial charge on any atom is -0.324 e. The third-order valence-electron chi connectivity index (χ3n) is 6.89. The normalized spacial score (nSPS) is 15.5. The minimum absolute atomic E-state index is 0.0923. The summed E-state index contributed by atoms with van der Waals surface area (Å²) in [6, 6.07) is 12.3. The van der Waals surface area contributed by atoms with Gasteiger partial charge in [0.05, 0.1) is 6.54 Å². The van der Waals surface area contributed by atoms with Crippen molar-refractivity contribution in [1.82, 2.24) is 29.2 Å². The molecule has 0 fully saturated rings. The second-order valence-electron chi connectivity index (χ2n) is 11.6. The van der Waals surface area contributed by atoms with Gasteiger partial charge < -0.3 is 10.2 Å². The number of benzene rings is 1. The fourth-order valence-corrected chi connectivity index (χ4v) is 5.27. The van der Waals surface area contributed by atoms with Crippen LogP contribution >= 0.6 is 0 Å². The van der Waals surface area contributed by atoms with E-state index in [9.17, 15) is 4.79 Å². The lowest BCUT2D eigenvalue weighted by molar-refractivity contribution is 0.236. The fourth-order valence-electron chi connectivity index (χ4n) is 5.27. The third-order valence-corrected chi connectivity index (χ3v) is 6.89. The SMILES string of the molecule is C=CCn1c(=O)c2cnc(Nc3ccc4c(c3)CN(C)CC4(C)C)nc2n1-c1cccc(C(C)(C)C)n1. The Morgan fingerprint density at radius 1 is 1.16 bits per heavy atom. The Kier molecular flexibility index (Phi) is 6.02. The number of aromatic nitrogens is 5. The first-order chi connectivity index (χ1) is 17.5.